The van der Waals surface area contributed by atoms with Crippen LogP contribution in [0.4, 0.5) is 10.1 Å². The van der Waals surface area contributed by atoms with E-state index < -0.39 is 11.8 Å². The van der Waals surface area contributed by atoms with Crippen LogP contribution in [0.1, 0.15) is 53.3 Å². The normalized spacial score (nSPS) is 23.3. The van der Waals surface area contributed by atoms with E-state index in [-0.39, 0.29) is 17.7 Å². The van der Waals surface area contributed by atoms with Crippen LogP contribution in [0.25, 0.3) is 11.3 Å². The summed E-state index contributed by atoms with van der Waals surface area (Å²) in [6.45, 7) is 1.10. The van der Waals surface area contributed by atoms with Gasteiger partial charge in [-0.1, -0.05) is 34.4 Å². The molecule has 3 aromatic rings. The van der Waals surface area contributed by atoms with Crippen LogP contribution in [0.15, 0.2) is 40.9 Å². The maximum Gasteiger partial charge on any atom is 0.338 e. The second kappa shape index (κ2) is 8.80. The molecule has 2 heterocycles. The number of carbonyl (C=O) groups is 1. The van der Waals surface area contributed by atoms with Gasteiger partial charge in [-0.15, -0.1) is 0 Å². The number of anilines is 1. The van der Waals surface area contributed by atoms with Crippen LogP contribution in [-0.2, 0) is 11.3 Å². The second-order valence-corrected chi connectivity index (χ2v) is 10.4. The van der Waals surface area contributed by atoms with Gasteiger partial charge in [-0.3, -0.25) is 0 Å². The summed E-state index contributed by atoms with van der Waals surface area (Å²) < 4.78 is 26.4. The number of halogens is 3. The van der Waals surface area contributed by atoms with Crippen LogP contribution in [0.2, 0.25) is 10.0 Å². The third kappa shape index (κ3) is 4.09. The average Bonchev–Trinajstić information content (AvgIpc) is 3.28. The number of ether oxygens (including phenoxy) is 1. The number of carboxylic acid groups (broad SMARTS) is 1. The molecule has 1 aromatic heterocycles. The molecule has 6 rings (SSSR count). The predicted octanol–water partition coefficient (Wildman–Crippen LogP) is 6.55. The van der Waals surface area contributed by atoms with E-state index in [1.807, 2.05) is 0 Å². The molecule has 1 aliphatic heterocycles. The van der Waals surface area contributed by atoms with Crippen molar-refractivity contribution in [2.45, 2.75) is 50.4 Å². The highest BCUT2D eigenvalue weighted by Crippen LogP contribution is 2.47. The van der Waals surface area contributed by atoms with E-state index in [2.05, 4.69) is 10.1 Å². The minimum atomic E-state index is -1.26. The lowest BCUT2D eigenvalue weighted by Gasteiger charge is -2.33. The van der Waals surface area contributed by atoms with Gasteiger partial charge in [0, 0.05) is 41.2 Å². The first-order valence-electron chi connectivity index (χ1n) is 11.7. The maximum atomic E-state index is 14.2. The number of hydrogen-bond donors (Lipinski definition) is 1. The minimum Gasteiger partial charge on any atom is -0.478 e. The fourth-order valence-corrected chi connectivity index (χ4v) is 6.10. The molecule has 2 aromatic carbocycles. The summed E-state index contributed by atoms with van der Waals surface area (Å²) in [6, 6.07) is 9.93. The number of rotatable bonds is 7. The first-order valence-corrected chi connectivity index (χ1v) is 12.5. The predicted molar refractivity (Wildman–Crippen MR) is 130 cm³/mol. The molecule has 1 saturated heterocycles. The monoisotopic (exact) mass is 516 g/mol. The molecule has 0 amide bonds. The molecule has 2 bridgehead atoms. The molecule has 2 aliphatic carbocycles. The highest BCUT2D eigenvalue weighted by molar-refractivity contribution is 6.39. The van der Waals surface area contributed by atoms with Gasteiger partial charge in [-0.25, -0.2) is 9.18 Å². The van der Waals surface area contributed by atoms with Gasteiger partial charge in [0.2, 0.25) is 0 Å². The zero-order valence-electron chi connectivity index (χ0n) is 18.7. The molecule has 3 aliphatic rings. The van der Waals surface area contributed by atoms with Crippen LogP contribution in [-0.4, -0.2) is 34.9 Å². The van der Waals surface area contributed by atoms with E-state index in [1.54, 1.807) is 24.3 Å². The molecule has 0 spiro atoms. The van der Waals surface area contributed by atoms with E-state index in [1.165, 1.54) is 12.1 Å². The Balaban J connectivity index is 1.18. The summed E-state index contributed by atoms with van der Waals surface area (Å²) in [5.74, 6) is -0.456. The van der Waals surface area contributed by atoms with Gasteiger partial charge < -0.3 is 19.3 Å². The van der Waals surface area contributed by atoms with Gasteiger partial charge in [-0.2, -0.15) is 0 Å². The van der Waals surface area contributed by atoms with Crippen LogP contribution < -0.4 is 4.90 Å². The van der Waals surface area contributed by atoms with Crippen molar-refractivity contribution in [3.63, 3.8) is 0 Å². The number of fused-ring (bicyclic) bond motifs is 2. The Kier molecular flexibility index (Phi) is 5.74. The third-order valence-corrected chi connectivity index (χ3v) is 8.03. The summed E-state index contributed by atoms with van der Waals surface area (Å²) in [6.07, 6.45) is 3.97. The fraction of sp³-hybridized carbons (Fsp3) is 0.385. The van der Waals surface area contributed by atoms with Crippen molar-refractivity contribution in [3.05, 3.63) is 69.1 Å². The average molecular weight is 517 g/mol. The van der Waals surface area contributed by atoms with E-state index in [0.29, 0.717) is 45.4 Å². The van der Waals surface area contributed by atoms with Crippen molar-refractivity contribution in [3.8, 4) is 11.3 Å². The molecule has 9 heteroatoms. The van der Waals surface area contributed by atoms with Gasteiger partial charge in [0.05, 0.1) is 28.3 Å². The molecule has 1 N–H and O–H groups in total. The number of carboxylic acids is 1. The van der Waals surface area contributed by atoms with Gasteiger partial charge >= 0.3 is 5.97 Å². The first kappa shape index (κ1) is 22.8. The second-order valence-electron chi connectivity index (χ2n) is 9.60. The van der Waals surface area contributed by atoms with Crippen molar-refractivity contribution in [2.24, 2.45) is 5.92 Å². The van der Waals surface area contributed by atoms with Gasteiger partial charge in [0.1, 0.15) is 17.3 Å². The SMILES string of the molecule is O=C(O)c1ccc(N2C[C@@H]3C[C@H]2C[C@H]3OCc2c(-c3c(Cl)cccc3Cl)noc2C2CC2)cc1F. The zero-order chi connectivity index (χ0) is 24.3. The number of piperidine rings is 1. The number of hydrogen-bond acceptors (Lipinski definition) is 5. The third-order valence-electron chi connectivity index (χ3n) is 7.40. The minimum absolute atomic E-state index is 0.0657. The summed E-state index contributed by atoms with van der Waals surface area (Å²) >= 11 is 12.9. The molecule has 3 fully saturated rings. The molecule has 0 radical (unpaired) electrons. The Labute approximate surface area is 211 Å². The molecule has 6 nitrogen and oxygen atoms in total. The van der Waals surface area contributed by atoms with Crippen LogP contribution in [0.3, 0.4) is 0 Å². The molecule has 3 atom stereocenters. The maximum absolute atomic E-state index is 14.2. The highest BCUT2D eigenvalue weighted by Gasteiger charge is 2.46. The number of benzene rings is 2. The fourth-order valence-electron chi connectivity index (χ4n) is 5.52. The molecular formula is C26H23Cl2FN2O4. The zero-order valence-corrected chi connectivity index (χ0v) is 20.2. The molecular weight excluding hydrogens is 494 g/mol. The number of aromatic carboxylic acids is 1. The van der Waals surface area contributed by atoms with E-state index in [4.69, 9.17) is 37.6 Å². The molecule has 0 unspecified atom stereocenters. The summed E-state index contributed by atoms with van der Waals surface area (Å²) in [7, 11) is 0. The standard InChI is InChI=1S/C26H23Cl2FN2O4/c27-19-2-1-3-20(28)23(19)24-18(25(35-30-24)13-4-5-13)12-34-22-10-16-8-14(22)11-31(16)15-6-7-17(26(32)33)21(29)9-15/h1-3,6-7,9,13-14,16,22H,4-5,8,10-12H2,(H,32,33)/t14-,16-,22+/m0/s1. The Hall–Kier alpha value is -2.61. The van der Waals surface area contributed by atoms with Crippen molar-refractivity contribution >= 4 is 34.9 Å². The van der Waals surface area contributed by atoms with Gasteiger partial charge in [0.25, 0.3) is 0 Å². The Morgan fingerprint density at radius 3 is 2.60 bits per heavy atom. The van der Waals surface area contributed by atoms with Crippen LogP contribution in [0, 0.1) is 11.7 Å². The molecule has 35 heavy (non-hydrogen) atoms. The lowest BCUT2D eigenvalue weighted by atomic mass is 10.0. The van der Waals surface area contributed by atoms with Gasteiger partial charge in [0.15, 0.2) is 0 Å². The van der Waals surface area contributed by atoms with Crippen molar-refractivity contribution in [2.75, 3.05) is 11.4 Å². The first-order chi connectivity index (χ1) is 16.9. The Morgan fingerprint density at radius 2 is 1.97 bits per heavy atom. The topological polar surface area (TPSA) is 75.8 Å². The smallest absolute Gasteiger partial charge is 0.338 e. The van der Waals surface area contributed by atoms with Crippen LogP contribution in [0.5, 0.6) is 0 Å². The number of aromatic nitrogens is 1. The highest BCUT2D eigenvalue weighted by atomic mass is 35.5. The Bertz CT molecular complexity index is 1290. The molecule has 2 saturated carbocycles. The lowest BCUT2D eigenvalue weighted by Crippen LogP contribution is -2.38. The summed E-state index contributed by atoms with van der Waals surface area (Å²) in [5.41, 5.74) is 2.61. The van der Waals surface area contributed by atoms with Crippen molar-refractivity contribution in [1.29, 1.82) is 0 Å². The summed E-state index contributed by atoms with van der Waals surface area (Å²) in [5, 5.41) is 14.5. The quantitative estimate of drug-likeness (QED) is 0.383. The van der Waals surface area contributed by atoms with E-state index >= 15 is 0 Å². The summed E-state index contributed by atoms with van der Waals surface area (Å²) in [4.78, 5) is 13.3. The van der Waals surface area contributed by atoms with E-state index in [9.17, 15) is 9.18 Å². The lowest BCUT2D eigenvalue weighted by molar-refractivity contribution is 0.0122. The van der Waals surface area contributed by atoms with Gasteiger partial charge in [-0.05, 0) is 56.0 Å². The van der Waals surface area contributed by atoms with E-state index in [0.717, 1.165) is 43.6 Å². The number of nitrogens with zero attached hydrogens (tertiary/aromatic N) is 2. The molecule has 182 valence electrons. The largest absolute Gasteiger partial charge is 0.478 e. The van der Waals surface area contributed by atoms with Crippen molar-refractivity contribution in [1.82, 2.24) is 5.16 Å². The van der Waals surface area contributed by atoms with Crippen LogP contribution >= 0.6 is 23.2 Å². The van der Waals surface area contributed by atoms with Crippen molar-refractivity contribution < 1.29 is 23.6 Å². The Morgan fingerprint density at radius 1 is 1.20 bits per heavy atom.